The number of nitrogens with two attached hydrogens (primary N) is 2. The number of benzene rings is 2. The number of aliphatic hydroxyl groups excluding tert-OH is 1. The van der Waals surface area contributed by atoms with Crippen LogP contribution in [-0.2, 0) is 13.1 Å². The zero-order valence-corrected chi connectivity index (χ0v) is 17.1. The smallest absolute Gasteiger partial charge is 0.408 e. The topological polar surface area (TPSA) is 128 Å². The fraction of sp³-hybridized carbons (Fsp3) is 0.238. The van der Waals surface area contributed by atoms with E-state index in [1.54, 1.807) is 48.5 Å². The Morgan fingerprint density at radius 1 is 1.22 bits per heavy atom. The SMILES string of the molecule is COc1ccccc1C(O)NCc1ccc(-c2nn(CC(F)(F)F)c(N)c2C(N)=O)cc1. The maximum absolute atomic E-state index is 12.8. The maximum atomic E-state index is 12.8. The number of methoxy groups -OCH3 is 1. The summed E-state index contributed by atoms with van der Waals surface area (Å²) in [6.45, 7) is -1.16. The van der Waals surface area contributed by atoms with Crippen LogP contribution in [0.2, 0.25) is 0 Å². The molecule has 32 heavy (non-hydrogen) atoms. The number of carbonyl (C=O) groups is 1. The number of carbonyl (C=O) groups excluding carboxylic acids is 1. The molecule has 0 aliphatic rings. The number of rotatable bonds is 8. The summed E-state index contributed by atoms with van der Waals surface area (Å²) in [5.74, 6) is -0.888. The van der Waals surface area contributed by atoms with Crippen molar-refractivity contribution in [2.45, 2.75) is 25.5 Å². The average molecular weight is 449 g/mol. The number of anilines is 1. The lowest BCUT2D eigenvalue weighted by atomic mass is 10.0. The minimum Gasteiger partial charge on any atom is -0.496 e. The van der Waals surface area contributed by atoms with E-state index in [1.165, 1.54) is 7.11 Å². The van der Waals surface area contributed by atoms with Gasteiger partial charge in [-0.1, -0.05) is 42.5 Å². The first kappa shape index (κ1) is 23.1. The summed E-state index contributed by atoms with van der Waals surface area (Å²) in [7, 11) is 1.51. The number of ether oxygens (including phenoxy) is 1. The minimum atomic E-state index is -4.57. The van der Waals surface area contributed by atoms with E-state index in [0.29, 0.717) is 21.6 Å². The van der Waals surface area contributed by atoms with E-state index >= 15 is 0 Å². The Balaban J connectivity index is 1.78. The predicted octanol–water partition coefficient (Wildman–Crippen LogP) is 2.58. The van der Waals surface area contributed by atoms with Gasteiger partial charge in [0.25, 0.3) is 5.91 Å². The Morgan fingerprint density at radius 3 is 2.47 bits per heavy atom. The largest absolute Gasteiger partial charge is 0.496 e. The first-order chi connectivity index (χ1) is 15.1. The highest BCUT2D eigenvalue weighted by Crippen LogP contribution is 2.30. The molecule has 1 amide bonds. The molecular formula is C21H22F3N5O3. The monoisotopic (exact) mass is 449 g/mol. The van der Waals surface area contributed by atoms with Crippen LogP contribution in [0.5, 0.6) is 5.75 Å². The Bertz CT molecular complexity index is 1100. The number of aliphatic hydroxyl groups is 1. The van der Waals surface area contributed by atoms with Crippen molar-refractivity contribution in [3.05, 3.63) is 65.2 Å². The normalized spacial score (nSPS) is 12.5. The molecule has 0 spiro atoms. The first-order valence-electron chi connectivity index (χ1n) is 9.47. The van der Waals surface area contributed by atoms with Crippen molar-refractivity contribution in [2.24, 2.45) is 5.73 Å². The number of primary amides is 1. The van der Waals surface area contributed by atoms with E-state index < -0.39 is 30.7 Å². The Kier molecular flexibility index (Phi) is 6.70. The molecule has 170 valence electrons. The summed E-state index contributed by atoms with van der Waals surface area (Å²) in [4.78, 5) is 11.8. The fourth-order valence-electron chi connectivity index (χ4n) is 3.21. The van der Waals surface area contributed by atoms with Crippen LogP contribution in [0.4, 0.5) is 19.0 Å². The Morgan fingerprint density at radius 2 is 1.88 bits per heavy atom. The number of halogens is 3. The molecule has 3 rings (SSSR count). The molecule has 3 aromatic rings. The quantitative estimate of drug-likeness (QED) is 0.392. The molecule has 0 bridgehead atoms. The van der Waals surface area contributed by atoms with E-state index in [1.807, 2.05) is 0 Å². The number of para-hydroxylation sites is 1. The predicted molar refractivity (Wildman–Crippen MR) is 111 cm³/mol. The van der Waals surface area contributed by atoms with E-state index in [0.717, 1.165) is 5.56 Å². The molecule has 6 N–H and O–H groups in total. The number of aromatic nitrogens is 2. The molecule has 1 heterocycles. The molecule has 0 aliphatic heterocycles. The van der Waals surface area contributed by atoms with Gasteiger partial charge >= 0.3 is 6.18 Å². The van der Waals surface area contributed by atoms with Crippen molar-refractivity contribution < 1.29 is 27.8 Å². The van der Waals surface area contributed by atoms with Crippen LogP contribution >= 0.6 is 0 Å². The van der Waals surface area contributed by atoms with Gasteiger partial charge in [-0.2, -0.15) is 18.3 Å². The molecule has 8 nitrogen and oxygen atoms in total. The molecule has 0 saturated heterocycles. The van der Waals surface area contributed by atoms with Crippen molar-refractivity contribution in [3.8, 4) is 17.0 Å². The number of hydrogen-bond acceptors (Lipinski definition) is 6. The lowest BCUT2D eigenvalue weighted by Gasteiger charge is -2.16. The van der Waals surface area contributed by atoms with Crippen LogP contribution in [-0.4, -0.2) is 34.1 Å². The highest BCUT2D eigenvalue weighted by molar-refractivity contribution is 6.03. The summed E-state index contributed by atoms with van der Waals surface area (Å²) in [6.07, 6.45) is -5.55. The number of alkyl halides is 3. The molecule has 2 aromatic carbocycles. The standard InChI is InChI=1S/C21H22F3N5O3/c1-32-15-5-3-2-4-14(15)20(31)27-10-12-6-8-13(9-7-12)17-16(19(26)30)18(25)29(28-17)11-21(22,23)24/h2-9,20,27,31H,10-11,25H2,1H3,(H2,26,30). The number of amides is 1. The van der Waals surface area contributed by atoms with E-state index in [4.69, 9.17) is 16.2 Å². The third-order valence-electron chi connectivity index (χ3n) is 4.73. The fourth-order valence-corrected chi connectivity index (χ4v) is 3.21. The van der Waals surface area contributed by atoms with Gasteiger partial charge in [-0.15, -0.1) is 0 Å². The Labute approximate surface area is 181 Å². The van der Waals surface area contributed by atoms with Crippen LogP contribution in [0.15, 0.2) is 48.5 Å². The molecule has 11 heteroatoms. The number of nitrogen functional groups attached to an aromatic ring is 1. The summed E-state index contributed by atoms with van der Waals surface area (Å²) in [6, 6.07) is 13.6. The van der Waals surface area contributed by atoms with Crippen molar-refractivity contribution >= 4 is 11.7 Å². The molecule has 1 aromatic heterocycles. The van der Waals surface area contributed by atoms with E-state index in [-0.39, 0.29) is 17.8 Å². The number of nitrogens with one attached hydrogen (secondary N) is 1. The second kappa shape index (κ2) is 9.28. The zero-order valence-electron chi connectivity index (χ0n) is 17.1. The van der Waals surface area contributed by atoms with E-state index in [9.17, 15) is 23.1 Å². The van der Waals surface area contributed by atoms with Crippen molar-refractivity contribution in [1.82, 2.24) is 15.1 Å². The summed E-state index contributed by atoms with van der Waals surface area (Å²) in [5.41, 5.74) is 12.4. The van der Waals surface area contributed by atoms with Crippen LogP contribution in [0.3, 0.4) is 0 Å². The maximum Gasteiger partial charge on any atom is 0.408 e. The Hall–Kier alpha value is -3.57. The van der Waals surface area contributed by atoms with Crippen LogP contribution in [0, 0.1) is 0 Å². The van der Waals surface area contributed by atoms with Crippen molar-refractivity contribution in [1.29, 1.82) is 0 Å². The van der Waals surface area contributed by atoms with E-state index in [2.05, 4.69) is 10.4 Å². The van der Waals surface area contributed by atoms with Gasteiger partial charge in [-0.3, -0.25) is 10.1 Å². The summed E-state index contributed by atoms with van der Waals surface area (Å²) in [5, 5.41) is 17.2. The van der Waals surface area contributed by atoms with Crippen molar-refractivity contribution in [2.75, 3.05) is 12.8 Å². The van der Waals surface area contributed by atoms with Gasteiger partial charge in [0.05, 0.1) is 7.11 Å². The van der Waals surface area contributed by atoms with Crippen LogP contribution < -0.4 is 21.5 Å². The third kappa shape index (κ3) is 5.18. The highest BCUT2D eigenvalue weighted by Gasteiger charge is 2.32. The van der Waals surface area contributed by atoms with Gasteiger partial charge in [0.15, 0.2) is 0 Å². The number of hydrogen-bond donors (Lipinski definition) is 4. The third-order valence-corrected chi connectivity index (χ3v) is 4.73. The molecule has 1 unspecified atom stereocenters. The molecular weight excluding hydrogens is 427 g/mol. The average Bonchev–Trinajstić information content (AvgIpc) is 3.07. The van der Waals surface area contributed by atoms with Gasteiger partial charge in [0.1, 0.15) is 35.6 Å². The molecule has 1 atom stereocenters. The summed E-state index contributed by atoms with van der Waals surface area (Å²) >= 11 is 0. The second-order valence-corrected chi connectivity index (χ2v) is 6.97. The molecule has 0 saturated carbocycles. The summed E-state index contributed by atoms with van der Waals surface area (Å²) < 4.78 is 44.1. The zero-order chi connectivity index (χ0) is 23.5. The van der Waals surface area contributed by atoms with Gasteiger partial charge in [0.2, 0.25) is 0 Å². The molecule has 0 fully saturated rings. The van der Waals surface area contributed by atoms with Gasteiger partial charge < -0.3 is 21.3 Å². The molecule has 0 aliphatic carbocycles. The van der Waals surface area contributed by atoms with Crippen molar-refractivity contribution in [3.63, 3.8) is 0 Å². The van der Waals surface area contributed by atoms with Crippen LogP contribution in [0.1, 0.15) is 27.7 Å². The van der Waals surface area contributed by atoms with Gasteiger partial charge in [-0.25, -0.2) is 4.68 Å². The van der Waals surface area contributed by atoms with Gasteiger partial charge in [0, 0.05) is 17.7 Å². The lowest BCUT2D eigenvalue weighted by Crippen LogP contribution is -2.21. The minimum absolute atomic E-state index is 0.0344. The lowest BCUT2D eigenvalue weighted by molar-refractivity contribution is -0.142. The first-order valence-corrected chi connectivity index (χ1v) is 9.47. The van der Waals surface area contributed by atoms with Gasteiger partial charge in [-0.05, 0) is 11.6 Å². The second-order valence-electron chi connectivity index (χ2n) is 6.97. The van der Waals surface area contributed by atoms with Crippen LogP contribution in [0.25, 0.3) is 11.3 Å². The molecule has 0 radical (unpaired) electrons. The highest BCUT2D eigenvalue weighted by atomic mass is 19.4. The number of nitrogens with zero attached hydrogens (tertiary/aromatic N) is 2.